The van der Waals surface area contributed by atoms with Gasteiger partial charge in [0.15, 0.2) is 16.7 Å². The van der Waals surface area contributed by atoms with E-state index in [4.69, 9.17) is 9.47 Å². The Morgan fingerprint density at radius 1 is 1.17 bits per heavy atom. The van der Waals surface area contributed by atoms with E-state index < -0.39 is 0 Å². The molecule has 2 rings (SSSR count). The molecule has 1 heterocycles. The summed E-state index contributed by atoms with van der Waals surface area (Å²) in [4.78, 5) is 19.4. The Balaban J connectivity index is 2.33. The average Bonchev–Trinajstić information content (AvgIpc) is 2.53. The van der Waals surface area contributed by atoms with Gasteiger partial charge in [-0.1, -0.05) is 17.8 Å². The fraction of sp³-hybridized carbons (Fsp3) is 0.412. The summed E-state index contributed by atoms with van der Waals surface area (Å²) in [5.41, 5.74) is 2.33. The van der Waals surface area contributed by atoms with Gasteiger partial charge < -0.3 is 14.5 Å². The first-order chi connectivity index (χ1) is 11.1. The smallest absolute Gasteiger partial charge is 0.255 e. The number of aromatic nitrogens is 2. The average molecular weight is 334 g/mol. The van der Waals surface area contributed by atoms with Gasteiger partial charge in [0.05, 0.1) is 13.2 Å². The topological polar surface area (TPSA) is 64.2 Å². The number of hydrogen-bond donors (Lipinski definition) is 1. The van der Waals surface area contributed by atoms with E-state index in [0.29, 0.717) is 36.1 Å². The standard InChI is InChI=1S/C17H22N2O3S/c1-5-21-14-8-7-12(10-15(14)22-6-2)9-13-11(3)18-17(23-4)19-16(13)20/h7-8,10H,5-6,9H2,1-4H3,(H,18,19,20). The first kappa shape index (κ1) is 17.4. The van der Waals surface area contributed by atoms with E-state index >= 15 is 0 Å². The van der Waals surface area contributed by atoms with Crippen molar-refractivity contribution in [2.45, 2.75) is 32.3 Å². The van der Waals surface area contributed by atoms with Crippen LogP contribution in [0.25, 0.3) is 0 Å². The highest BCUT2D eigenvalue weighted by Gasteiger charge is 2.11. The number of aryl methyl sites for hydroxylation is 1. The molecule has 1 aromatic carbocycles. The van der Waals surface area contributed by atoms with E-state index in [1.807, 2.05) is 45.2 Å². The van der Waals surface area contributed by atoms with Crippen molar-refractivity contribution in [3.63, 3.8) is 0 Å². The number of rotatable bonds is 7. The summed E-state index contributed by atoms with van der Waals surface area (Å²) in [5, 5.41) is 0.637. The molecule has 23 heavy (non-hydrogen) atoms. The number of nitrogens with one attached hydrogen (secondary N) is 1. The molecule has 5 nitrogen and oxygen atoms in total. The van der Waals surface area contributed by atoms with Gasteiger partial charge in [0.25, 0.3) is 5.56 Å². The number of thioether (sulfide) groups is 1. The SMILES string of the molecule is CCOc1ccc(Cc2c(C)nc(SC)[nH]c2=O)cc1OCC. The molecule has 0 radical (unpaired) electrons. The Kier molecular flexibility index (Phi) is 6.10. The second kappa shape index (κ2) is 8.06. The van der Waals surface area contributed by atoms with Crippen molar-refractivity contribution in [2.24, 2.45) is 0 Å². The predicted octanol–water partition coefficient (Wildman–Crippen LogP) is 3.19. The highest BCUT2D eigenvalue weighted by molar-refractivity contribution is 7.98. The third-order valence-electron chi connectivity index (χ3n) is 3.38. The molecule has 1 aromatic heterocycles. The molecule has 0 aliphatic carbocycles. The number of ether oxygens (including phenoxy) is 2. The number of aromatic amines is 1. The molecule has 0 spiro atoms. The third-order valence-corrected chi connectivity index (χ3v) is 3.96. The van der Waals surface area contributed by atoms with Gasteiger partial charge in [-0.3, -0.25) is 4.79 Å². The van der Waals surface area contributed by atoms with Crippen molar-refractivity contribution < 1.29 is 9.47 Å². The molecule has 6 heteroatoms. The maximum absolute atomic E-state index is 12.2. The quantitative estimate of drug-likeness (QED) is 0.622. The zero-order valence-corrected chi connectivity index (χ0v) is 14.8. The predicted molar refractivity (Wildman–Crippen MR) is 93.0 cm³/mol. The molecule has 0 saturated heterocycles. The van der Waals surface area contributed by atoms with Gasteiger partial charge in [-0.05, 0) is 44.7 Å². The molecule has 0 aliphatic rings. The molecular weight excluding hydrogens is 312 g/mol. The Bertz CT molecular complexity index is 728. The zero-order chi connectivity index (χ0) is 16.8. The third kappa shape index (κ3) is 4.28. The van der Waals surface area contributed by atoms with Gasteiger partial charge in [0, 0.05) is 17.7 Å². The van der Waals surface area contributed by atoms with Crippen LogP contribution >= 0.6 is 11.8 Å². The van der Waals surface area contributed by atoms with Crippen molar-refractivity contribution in [2.75, 3.05) is 19.5 Å². The highest BCUT2D eigenvalue weighted by atomic mass is 32.2. The molecule has 0 atom stereocenters. The number of nitrogens with zero attached hydrogens (tertiary/aromatic N) is 1. The molecule has 0 bridgehead atoms. The van der Waals surface area contributed by atoms with Crippen LogP contribution in [0.15, 0.2) is 28.2 Å². The molecule has 0 aliphatic heterocycles. The van der Waals surface area contributed by atoms with Gasteiger partial charge in [-0.15, -0.1) is 0 Å². The molecular formula is C17H22N2O3S. The molecule has 2 aromatic rings. The van der Waals surface area contributed by atoms with Crippen LogP contribution in [0.4, 0.5) is 0 Å². The summed E-state index contributed by atoms with van der Waals surface area (Å²) in [6.07, 6.45) is 2.40. The summed E-state index contributed by atoms with van der Waals surface area (Å²) in [6, 6.07) is 5.77. The van der Waals surface area contributed by atoms with Gasteiger partial charge in [-0.2, -0.15) is 0 Å². The molecule has 0 unspecified atom stereocenters. The fourth-order valence-electron chi connectivity index (χ4n) is 2.30. The van der Waals surface area contributed by atoms with Gasteiger partial charge >= 0.3 is 0 Å². The summed E-state index contributed by atoms with van der Waals surface area (Å²) in [7, 11) is 0. The van der Waals surface area contributed by atoms with E-state index in [1.54, 1.807) is 0 Å². The molecule has 124 valence electrons. The molecule has 0 saturated carbocycles. The first-order valence-corrected chi connectivity index (χ1v) is 8.83. The number of benzene rings is 1. The van der Waals surface area contributed by atoms with Crippen LogP contribution in [0.3, 0.4) is 0 Å². The van der Waals surface area contributed by atoms with Gasteiger partial charge in [0.2, 0.25) is 0 Å². The molecule has 0 fully saturated rings. The van der Waals surface area contributed by atoms with E-state index in [2.05, 4.69) is 9.97 Å². The Morgan fingerprint density at radius 3 is 2.48 bits per heavy atom. The van der Waals surface area contributed by atoms with Crippen LogP contribution in [-0.4, -0.2) is 29.4 Å². The summed E-state index contributed by atoms with van der Waals surface area (Å²) >= 11 is 1.43. The fourth-order valence-corrected chi connectivity index (χ4v) is 2.72. The minimum absolute atomic E-state index is 0.0892. The van der Waals surface area contributed by atoms with Crippen molar-refractivity contribution in [3.05, 3.63) is 45.4 Å². The number of H-pyrrole nitrogens is 1. The van der Waals surface area contributed by atoms with Crippen LogP contribution in [0.2, 0.25) is 0 Å². The van der Waals surface area contributed by atoms with Gasteiger partial charge in [0.1, 0.15) is 0 Å². The van der Waals surface area contributed by atoms with Crippen molar-refractivity contribution in [1.82, 2.24) is 9.97 Å². The Hall–Kier alpha value is -1.95. The summed E-state index contributed by atoms with van der Waals surface area (Å²) in [6.45, 7) is 6.88. The second-order valence-corrected chi connectivity index (χ2v) is 5.76. The highest BCUT2D eigenvalue weighted by Crippen LogP contribution is 2.29. The second-order valence-electron chi connectivity index (χ2n) is 4.96. The first-order valence-electron chi connectivity index (χ1n) is 7.61. The zero-order valence-electron chi connectivity index (χ0n) is 13.9. The van der Waals surface area contributed by atoms with E-state index in [1.165, 1.54) is 11.8 Å². The normalized spacial score (nSPS) is 10.6. The van der Waals surface area contributed by atoms with Crippen LogP contribution in [-0.2, 0) is 6.42 Å². The van der Waals surface area contributed by atoms with Crippen LogP contribution in [0, 0.1) is 6.92 Å². The lowest BCUT2D eigenvalue weighted by Gasteiger charge is -2.13. The van der Waals surface area contributed by atoms with Crippen molar-refractivity contribution >= 4 is 11.8 Å². The minimum atomic E-state index is -0.0892. The van der Waals surface area contributed by atoms with Crippen LogP contribution < -0.4 is 15.0 Å². The lowest BCUT2D eigenvalue weighted by Crippen LogP contribution is -2.17. The Labute approximate surface area is 140 Å². The van der Waals surface area contributed by atoms with E-state index in [0.717, 1.165) is 17.0 Å². The maximum atomic E-state index is 12.2. The van der Waals surface area contributed by atoms with E-state index in [-0.39, 0.29) is 5.56 Å². The van der Waals surface area contributed by atoms with Crippen molar-refractivity contribution in [1.29, 1.82) is 0 Å². The monoisotopic (exact) mass is 334 g/mol. The minimum Gasteiger partial charge on any atom is -0.490 e. The summed E-state index contributed by atoms with van der Waals surface area (Å²) in [5.74, 6) is 1.43. The van der Waals surface area contributed by atoms with Crippen LogP contribution in [0.5, 0.6) is 11.5 Å². The molecule has 0 amide bonds. The Morgan fingerprint density at radius 2 is 1.87 bits per heavy atom. The number of hydrogen-bond acceptors (Lipinski definition) is 5. The van der Waals surface area contributed by atoms with Crippen LogP contribution in [0.1, 0.15) is 30.7 Å². The maximum Gasteiger partial charge on any atom is 0.255 e. The van der Waals surface area contributed by atoms with Crippen molar-refractivity contribution in [3.8, 4) is 11.5 Å². The van der Waals surface area contributed by atoms with Gasteiger partial charge in [-0.25, -0.2) is 4.98 Å². The lowest BCUT2D eigenvalue weighted by molar-refractivity contribution is 0.287. The lowest BCUT2D eigenvalue weighted by atomic mass is 10.0. The largest absolute Gasteiger partial charge is 0.490 e. The van der Waals surface area contributed by atoms with E-state index in [9.17, 15) is 4.79 Å². The summed E-state index contributed by atoms with van der Waals surface area (Å²) < 4.78 is 11.2. The molecule has 1 N–H and O–H groups in total.